The van der Waals surface area contributed by atoms with Crippen LogP contribution in [0.25, 0.3) is 11.1 Å². The Morgan fingerprint density at radius 3 is 2.96 bits per heavy atom. The van der Waals surface area contributed by atoms with Crippen molar-refractivity contribution in [2.24, 2.45) is 17.1 Å². The molecule has 1 spiro atoms. The average Bonchev–Trinajstić information content (AvgIpc) is 3.22. The molecule has 1 atom stereocenters. The van der Waals surface area contributed by atoms with Gasteiger partial charge in [-0.1, -0.05) is 12.1 Å². The van der Waals surface area contributed by atoms with Crippen molar-refractivity contribution in [3.05, 3.63) is 23.5 Å². The highest BCUT2D eigenvalue weighted by atomic mass is 16.5. The lowest BCUT2D eigenvalue weighted by Crippen LogP contribution is -2.40. The van der Waals surface area contributed by atoms with Crippen molar-refractivity contribution < 1.29 is 14.1 Å². The van der Waals surface area contributed by atoms with Gasteiger partial charge in [0.2, 0.25) is 0 Å². The van der Waals surface area contributed by atoms with E-state index in [9.17, 15) is 4.79 Å². The van der Waals surface area contributed by atoms with Crippen LogP contribution in [0.15, 0.2) is 16.8 Å². The Morgan fingerprint density at radius 1 is 1.44 bits per heavy atom. The second-order valence-corrected chi connectivity index (χ2v) is 7.15. The molecule has 0 radical (unpaired) electrons. The second-order valence-electron chi connectivity index (χ2n) is 7.15. The summed E-state index contributed by atoms with van der Waals surface area (Å²) < 4.78 is 10.7. The van der Waals surface area contributed by atoms with Crippen LogP contribution in [0.2, 0.25) is 0 Å². The van der Waals surface area contributed by atoms with Crippen LogP contribution in [0.1, 0.15) is 35.8 Å². The molecule has 0 saturated carbocycles. The fraction of sp³-hybridized carbons (Fsp3) is 0.611. The summed E-state index contributed by atoms with van der Waals surface area (Å²) in [5.74, 6) is 0.346. The zero-order valence-corrected chi connectivity index (χ0v) is 14.5. The van der Waals surface area contributed by atoms with E-state index in [1.165, 1.54) is 0 Å². The zero-order chi connectivity index (χ0) is 17.4. The number of likely N-dealkylation sites (tertiary alicyclic amines) is 1. The van der Waals surface area contributed by atoms with Crippen molar-refractivity contribution in [1.82, 2.24) is 15.0 Å². The molecule has 4 heterocycles. The van der Waals surface area contributed by atoms with Crippen LogP contribution in [0.4, 0.5) is 0 Å². The van der Waals surface area contributed by atoms with Crippen LogP contribution in [-0.4, -0.2) is 53.8 Å². The average molecular weight is 344 g/mol. The van der Waals surface area contributed by atoms with Gasteiger partial charge >= 0.3 is 0 Å². The molecular weight excluding hydrogens is 320 g/mol. The number of carbonyl (C=O) groups excluding carboxylic acids is 1. The third-order valence-electron chi connectivity index (χ3n) is 5.86. The molecule has 0 bridgehead atoms. The van der Waals surface area contributed by atoms with Gasteiger partial charge in [-0.15, -0.1) is 0 Å². The number of fused-ring (bicyclic) bond motifs is 1. The summed E-state index contributed by atoms with van der Waals surface area (Å²) in [5.41, 5.74) is 8.03. The van der Waals surface area contributed by atoms with Gasteiger partial charge < -0.3 is 19.9 Å². The smallest absolute Gasteiger partial charge is 0.257 e. The lowest BCUT2D eigenvalue weighted by atomic mass is 9.72. The van der Waals surface area contributed by atoms with Crippen LogP contribution in [0.3, 0.4) is 0 Å². The van der Waals surface area contributed by atoms with Gasteiger partial charge in [-0.25, -0.2) is 4.98 Å². The van der Waals surface area contributed by atoms with Crippen molar-refractivity contribution in [1.29, 1.82) is 0 Å². The summed E-state index contributed by atoms with van der Waals surface area (Å²) in [6.07, 6.45) is 4.28. The Labute approximate surface area is 146 Å². The number of hydrogen-bond donors (Lipinski definition) is 1. The highest BCUT2D eigenvalue weighted by Gasteiger charge is 2.47. The minimum absolute atomic E-state index is 0.0134. The fourth-order valence-electron chi connectivity index (χ4n) is 4.29. The summed E-state index contributed by atoms with van der Waals surface area (Å²) in [7, 11) is 0. The van der Waals surface area contributed by atoms with E-state index < -0.39 is 0 Å². The monoisotopic (exact) mass is 344 g/mol. The molecule has 2 fully saturated rings. The Bertz CT molecular complexity index is 782. The SMILES string of the molecule is CCc1noc2ncc(C(=O)N3CC(CN)C4(CCOCC4)C3)cc12. The minimum Gasteiger partial charge on any atom is -0.381 e. The maximum absolute atomic E-state index is 13.1. The predicted molar refractivity (Wildman–Crippen MR) is 92.1 cm³/mol. The third kappa shape index (κ3) is 2.71. The summed E-state index contributed by atoms with van der Waals surface area (Å²) in [5, 5.41) is 4.84. The van der Waals surface area contributed by atoms with E-state index in [4.69, 9.17) is 15.0 Å². The Kier molecular flexibility index (Phi) is 4.21. The van der Waals surface area contributed by atoms with E-state index in [1.54, 1.807) is 6.20 Å². The lowest BCUT2D eigenvalue weighted by molar-refractivity contribution is 0.00139. The van der Waals surface area contributed by atoms with E-state index in [-0.39, 0.29) is 11.3 Å². The molecular formula is C18H24N4O3. The van der Waals surface area contributed by atoms with Crippen molar-refractivity contribution in [2.45, 2.75) is 26.2 Å². The minimum atomic E-state index is 0.0134. The van der Waals surface area contributed by atoms with Crippen LogP contribution in [0.5, 0.6) is 0 Å². The normalized spacial score (nSPS) is 22.8. The number of nitrogens with two attached hydrogens (primary N) is 1. The molecule has 134 valence electrons. The van der Waals surface area contributed by atoms with Crippen LogP contribution >= 0.6 is 0 Å². The van der Waals surface area contributed by atoms with Crippen LogP contribution in [-0.2, 0) is 11.2 Å². The number of aromatic nitrogens is 2. The van der Waals surface area contributed by atoms with Gasteiger partial charge in [0.15, 0.2) is 0 Å². The quantitative estimate of drug-likeness (QED) is 0.909. The van der Waals surface area contributed by atoms with E-state index in [0.29, 0.717) is 30.3 Å². The van der Waals surface area contributed by atoms with E-state index >= 15 is 0 Å². The molecule has 2 saturated heterocycles. The highest BCUT2D eigenvalue weighted by Crippen LogP contribution is 2.44. The molecule has 2 N–H and O–H groups in total. The molecule has 2 aliphatic heterocycles. The molecule has 2 aliphatic rings. The topological polar surface area (TPSA) is 94.5 Å². The second kappa shape index (κ2) is 6.38. The summed E-state index contributed by atoms with van der Waals surface area (Å²) in [4.78, 5) is 19.3. The van der Waals surface area contributed by atoms with Crippen LogP contribution in [0, 0.1) is 11.3 Å². The molecule has 0 aliphatic carbocycles. The van der Waals surface area contributed by atoms with E-state index in [1.807, 2.05) is 17.9 Å². The molecule has 7 nitrogen and oxygen atoms in total. The molecule has 0 aromatic carbocycles. The van der Waals surface area contributed by atoms with Crippen molar-refractivity contribution in [2.75, 3.05) is 32.8 Å². The van der Waals surface area contributed by atoms with Crippen molar-refractivity contribution in [3.8, 4) is 0 Å². The van der Waals surface area contributed by atoms with Crippen molar-refractivity contribution in [3.63, 3.8) is 0 Å². The van der Waals surface area contributed by atoms with E-state index in [2.05, 4.69) is 10.1 Å². The van der Waals surface area contributed by atoms with Gasteiger partial charge in [-0.05, 0) is 43.2 Å². The molecule has 7 heteroatoms. The number of nitrogens with zero attached hydrogens (tertiary/aromatic N) is 3. The fourth-order valence-corrected chi connectivity index (χ4v) is 4.29. The van der Waals surface area contributed by atoms with Gasteiger partial charge in [0, 0.05) is 32.5 Å². The number of ether oxygens (including phenoxy) is 1. The molecule has 1 unspecified atom stereocenters. The number of aryl methyl sites for hydroxylation is 1. The van der Waals surface area contributed by atoms with E-state index in [0.717, 1.165) is 50.1 Å². The predicted octanol–water partition coefficient (Wildman–Crippen LogP) is 1.61. The number of hydrogen-bond acceptors (Lipinski definition) is 6. The van der Waals surface area contributed by atoms with Gasteiger partial charge in [-0.2, -0.15) is 0 Å². The van der Waals surface area contributed by atoms with Gasteiger partial charge in [0.1, 0.15) is 0 Å². The first-order valence-corrected chi connectivity index (χ1v) is 8.98. The lowest BCUT2D eigenvalue weighted by Gasteiger charge is -2.37. The van der Waals surface area contributed by atoms with Crippen LogP contribution < -0.4 is 5.73 Å². The maximum atomic E-state index is 13.1. The first-order valence-electron chi connectivity index (χ1n) is 8.98. The third-order valence-corrected chi connectivity index (χ3v) is 5.86. The molecule has 25 heavy (non-hydrogen) atoms. The standard InChI is InChI=1S/C18H24N4O3/c1-2-15-14-7-12(9-20-16(14)25-21-15)17(23)22-10-13(8-19)18(11-22)3-5-24-6-4-18/h7,9,13H,2-6,8,10-11,19H2,1H3. The number of pyridine rings is 1. The molecule has 4 rings (SSSR count). The first-order chi connectivity index (χ1) is 12.2. The maximum Gasteiger partial charge on any atom is 0.257 e. The Morgan fingerprint density at radius 2 is 2.24 bits per heavy atom. The van der Waals surface area contributed by atoms with Crippen molar-refractivity contribution >= 4 is 17.0 Å². The largest absolute Gasteiger partial charge is 0.381 e. The Balaban J connectivity index is 1.60. The number of amides is 1. The van der Waals surface area contributed by atoms with Gasteiger partial charge in [-0.3, -0.25) is 4.79 Å². The number of carbonyl (C=O) groups is 1. The highest BCUT2D eigenvalue weighted by molar-refractivity contribution is 5.97. The Hall–Kier alpha value is -1.99. The molecule has 2 aromatic heterocycles. The summed E-state index contributed by atoms with van der Waals surface area (Å²) in [6, 6.07) is 1.85. The molecule has 2 aromatic rings. The van der Waals surface area contributed by atoms with Gasteiger partial charge in [0.25, 0.3) is 11.6 Å². The summed E-state index contributed by atoms with van der Waals surface area (Å²) >= 11 is 0. The van der Waals surface area contributed by atoms with Gasteiger partial charge in [0.05, 0.1) is 16.6 Å². The zero-order valence-electron chi connectivity index (χ0n) is 14.5. The molecule has 1 amide bonds. The number of rotatable bonds is 3. The first kappa shape index (κ1) is 16.5. The summed E-state index contributed by atoms with van der Waals surface area (Å²) in [6.45, 7) is 5.58.